The molecule has 17 heavy (non-hydrogen) atoms. The second-order valence-corrected chi connectivity index (χ2v) is 4.60. The van der Waals surface area contributed by atoms with Gasteiger partial charge in [-0.2, -0.15) is 0 Å². The highest BCUT2D eigenvalue weighted by atomic mass is 32.2. The van der Waals surface area contributed by atoms with E-state index in [1.54, 1.807) is 11.8 Å². The molecule has 3 heteroatoms. The fourth-order valence-electron chi connectivity index (χ4n) is 1.57. The lowest BCUT2D eigenvalue weighted by molar-refractivity contribution is 0.112. The Kier molecular flexibility index (Phi) is 3.83. The number of hydrogen-bond donors (Lipinski definition) is 0. The quantitative estimate of drug-likeness (QED) is 0.455. The van der Waals surface area contributed by atoms with E-state index in [-0.39, 0.29) is 0 Å². The van der Waals surface area contributed by atoms with Gasteiger partial charge in [-0.25, -0.2) is 0 Å². The monoisotopic (exact) mass is 243 g/mol. The summed E-state index contributed by atoms with van der Waals surface area (Å²) in [6, 6.07) is 9.93. The van der Waals surface area contributed by atoms with Crippen LogP contribution in [0.5, 0.6) is 0 Å². The Morgan fingerprint density at radius 1 is 1.29 bits per heavy atom. The van der Waals surface area contributed by atoms with Gasteiger partial charge in [0.1, 0.15) is 0 Å². The van der Waals surface area contributed by atoms with Gasteiger partial charge in [0, 0.05) is 28.6 Å². The van der Waals surface area contributed by atoms with E-state index in [0.29, 0.717) is 5.56 Å². The molecule has 0 aliphatic carbocycles. The molecule has 1 aromatic carbocycles. The van der Waals surface area contributed by atoms with Gasteiger partial charge >= 0.3 is 0 Å². The first-order valence-corrected chi connectivity index (χ1v) is 6.30. The molecule has 0 N–H and O–H groups in total. The van der Waals surface area contributed by atoms with Gasteiger partial charge in [0.15, 0.2) is 6.29 Å². The zero-order valence-corrected chi connectivity index (χ0v) is 10.2. The highest BCUT2D eigenvalue weighted by Crippen LogP contribution is 2.26. The van der Waals surface area contributed by atoms with Crippen LogP contribution in [0.25, 0.3) is 5.69 Å². The molecule has 1 heterocycles. The fraction of sp³-hybridized carbons (Fsp3) is 0.0714. The van der Waals surface area contributed by atoms with E-state index in [0.717, 1.165) is 17.7 Å². The Hall–Kier alpha value is -1.74. The van der Waals surface area contributed by atoms with Gasteiger partial charge in [0.05, 0.1) is 5.69 Å². The first-order valence-electron chi connectivity index (χ1n) is 5.31. The van der Waals surface area contributed by atoms with Crippen LogP contribution in [0.1, 0.15) is 10.4 Å². The highest BCUT2D eigenvalue weighted by molar-refractivity contribution is 7.99. The molecule has 0 atom stereocenters. The smallest absolute Gasteiger partial charge is 0.151 e. The predicted molar refractivity (Wildman–Crippen MR) is 72.1 cm³/mol. The number of carbonyl (C=O) groups is 1. The molecule has 86 valence electrons. The Morgan fingerprint density at radius 2 is 2.12 bits per heavy atom. The molecular formula is C14H13NOS. The third kappa shape index (κ3) is 2.68. The van der Waals surface area contributed by atoms with E-state index in [9.17, 15) is 4.79 Å². The lowest BCUT2D eigenvalue weighted by atomic mass is 10.3. The van der Waals surface area contributed by atoms with Gasteiger partial charge in [-0.1, -0.05) is 18.2 Å². The number of carbonyl (C=O) groups excluding carboxylic acids is 1. The molecule has 0 aliphatic rings. The maximum Gasteiger partial charge on any atom is 0.151 e. The zero-order chi connectivity index (χ0) is 12.1. The maximum atomic E-state index is 10.7. The average Bonchev–Trinajstić information content (AvgIpc) is 2.85. The Morgan fingerprint density at radius 3 is 2.82 bits per heavy atom. The molecule has 0 aliphatic heterocycles. The van der Waals surface area contributed by atoms with Crippen LogP contribution < -0.4 is 0 Å². The number of nitrogens with zero attached hydrogens (tertiary/aromatic N) is 1. The number of aromatic nitrogens is 1. The second kappa shape index (κ2) is 5.55. The van der Waals surface area contributed by atoms with Crippen LogP contribution in [0, 0.1) is 0 Å². The molecule has 0 radical (unpaired) electrons. The van der Waals surface area contributed by atoms with Crippen molar-refractivity contribution in [3.05, 3.63) is 60.9 Å². The lowest BCUT2D eigenvalue weighted by Crippen LogP contribution is -1.92. The van der Waals surface area contributed by atoms with Crippen molar-refractivity contribution >= 4 is 18.0 Å². The predicted octanol–water partition coefficient (Wildman–Crippen LogP) is 3.57. The zero-order valence-electron chi connectivity index (χ0n) is 9.37. The summed E-state index contributed by atoms with van der Waals surface area (Å²) >= 11 is 1.73. The van der Waals surface area contributed by atoms with E-state index < -0.39 is 0 Å². The molecule has 2 rings (SSSR count). The van der Waals surface area contributed by atoms with Crippen molar-refractivity contribution in [2.24, 2.45) is 0 Å². The third-order valence-corrected chi connectivity index (χ3v) is 3.41. The molecule has 0 amide bonds. The van der Waals surface area contributed by atoms with Crippen LogP contribution in [0.3, 0.4) is 0 Å². The topological polar surface area (TPSA) is 22.0 Å². The van der Waals surface area contributed by atoms with Crippen molar-refractivity contribution in [2.75, 3.05) is 5.75 Å². The summed E-state index contributed by atoms with van der Waals surface area (Å²) in [4.78, 5) is 11.9. The average molecular weight is 243 g/mol. The third-order valence-electron chi connectivity index (χ3n) is 2.35. The van der Waals surface area contributed by atoms with Gasteiger partial charge in [-0.3, -0.25) is 4.79 Å². The summed E-state index contributed by atoms with van der Waals surface area (Å²) in [7, 11) is 0. The molecule has 0 fully saturated rings. The summed E-state index contributed by atoms with van der Waals surface area (Å²) in [6.07, 6.45) is 6.47. The van der Waals surface area contributed by atoms with Gasteiger partial charge in [0.2, 0.25) is 0 Å². The summed E-state index contributed by atoms with van der Waals surface area (Å²) in [5, 5.41) is 0. The van der Waals surface area contributed by atoms with E-state index in [1.165, 1.54) is 4.90 Å². The van der Waals surface area contributed by atoms with E-state index in [2.05, 4.69) is 12.6 Å². The summed E-state index contributed by atoms with van der Waals surface area (Å²) < 4.78 is 1.97. The van der Waals surface area contributed by atoms with Gasteiger partial charge < -0.3 is 4.57 Å². The first kappa shape index (κ1) is 11.7. The number of hydrogen-bond acceptors (Lipinski definition) is 2. The first-order chi connectivity index (χ1) is 8.35. The van der Waals surface area contributed by atoms with Crippen molar-refractivity contribution in [3.63, 3.8) is 0 Å². The van der Waals surface area contributed by atoms with Crippen molar-refractivity contribution in [2.45, 2.75) is 4.90 Å². The Balaban J connectivity index is 2.36. The number of para-hydroxylation sites is 1. The molecule has 0 bridgehead atoms. The summed E-state index contributed by atoms with van der Waals surface area (Å²) in [6.45, 7) is 3.72. The van der Waals surface area contributed by atoms with Crippen molar-refractivity contribution in [3.8, 4) is 5.69 Å². The normalized spacial score (nSPS) is 10.1. The van der Waals surface area contributed by atoms with E-state index in [1.807, 2.05) is 47.3 Å². The highest BCUT2D eigenvalue weighted by Gasteiger charge is 2.04. The van der Waals surface area contributed by atoms with E-state index in [4.69, 9.17) is 0 Å². The fourth-order valence-corrected chi connectivity index (χ4v) is 2.37. The van der Waals surface area contributed by atoms with Crippen LogP contribution >= 0.6 is 11.8 Å². The van der Waals surface area contributed by atoms with Gasteiger partial charge in [-0.05, 0) is 18.2 Å². The van der Waals surface area contributed by atoms with Crippen molar-refractivity contribution in [1.82, 2.24) is 4.57 Å². The number of benzene rings is 1. The second-order valence-electron chi connectivity index (χ2n) is 3.54. The van der Waals surface area contributed by atoms with Crippen LogP contribution in [0.15, 0.2) is 60.3 Å². The van der Waals surface area contributed by atoms with Gasteiger partial charge in [0.25, 0.3) is 0 Å². The van der Waals surface area contributed by atoms with Crippen LogP contribution in [-0.4, -0.2) is 16.6 Å². The molecule has 0 unspecified atom stereocenters. The summed E-state index contributed by atoms with van der Waals surface area (Å²) in [5.74, 6) is 0.874. The van der Waals surface area contributed by atoms with Crippen LogP contribution in [-0.2, 0) is 0 Å². The molecule has 1 aromatic heterocycles. The molecular weight excluding hydrogens is 230 g/mol. The molecule has 0 spiro atoms. The maximum absolute atomic E-state index is 10.7. The number of aldehydes is 1. The largest absolute Gasteiger partial charge is 0.322 e. The minimum Gasteiger partial charge on any atom is -0.322 e. The minimum absolute atomic E-state index is 0.688. The van der Waals surface area contributed by atoms with Crippen molar-refractivity contribution < 1.29 is 4.79 Å². The molecule has 2 nitrogen and oxygen atoms in total. The van der Waals surface area contributed by atoms with Gasteiger partial charge in [-0.15, -0.1) is 18.3 Å². The molecule has 2 aromatic rings. The number of thioether (sulfide) groups is 1. The lowest BCUT2D eigenvalue weighted by Gasteiger charge is -2.08. The standard InChI is InChI=1S/C14H13NOS/c1-2-9-17-14-6-4-3-5-13(14)15-8-7-12(10-15)11-16/h2-8,10-11H,1,9H2. The summed E-state index contributed by atoms with van der Waals surface area (Å²) in [5.41, 5.74) is 1.78. The Bertz CT molecular complexity index is 531. The van der Waals surface area contributed by atoms with Crippen molar-refractivity contribution in [1.29, 1.82) is 0 Å². The Labute approximate surface area is 105 Å². The van der Waals surface area contributed by atoms with Crippen LogP contribution in [0.4, 0.5) is 0 Å². The minimum atomic E-state index is 0.688. The molecule has 0 saturated carbocycles. The van der Waals surface area contributed by atoms with Crippen LogP contribution in [0.2, 0.25) is 0 Å². The number of rotatable bonds is 5. The van der Waals surface area contributed by atoms with E-state index >= 15 is 0 Å². The molecule has 0 saturated heterocycles. The SMILES string of the molecule is C=CCSc1ccccc1-n1ccc(C=O)c1.